The Balaban J connectivity index is 1.41. The highest BCUT2D eigenvalue weighted by Crippen LogP contribution is 2.27. The average molecular weight is 396 g/mol. The van der Waals surface area contributed by atoms with Crippen molar-refractivity contribution in [2.45, 2.75) is 11.0 Å². The van der Waals surface area contributed by atoms with Crippen molar-refractivity contribution >= 4 is 11.8 Å². The molecule has 0 N–H and O–H groups in total. The summed E-state index contributed by atoms with van der Waals surface area (Å²) in [5, 5.41) is 12.5. The smallest absolute Gasteiger partial charge is 0.277 e. The minimum atomic E-state index is 0.418. The minimum absolute atomic E-state index is 0.418. The third kappa shape index (κ3) is 3.99. The van der Waals surface area contributed by atoms with Gasteiger partial charge in [0.1, 0.15) is 11.5 Å². The number of nitrogens with zero attached hydrogens (tertiary/aromatic N) is 4. The van der Waals surface area contributed by atoms with E-state index in [9.17, 15) is 0 Å². The second-order valence-electron chi connectivity index (χ2n) is 5.63. The van der Waals surface area contributed by atoms with Gasteiger partial charge < -0.3 is 18.4 Å². The maximum absolute atomic E-state index is 5.68. The zero-order chi connectivity index (χ0) is 19.3. The molecule has 0 radical (unpaired) electrons. The normalized spacial score (nSPS) is 10.8. The molecule has 28 heavy (non-hydrogen) atoms. The first kappa shape index (κ1) is 18.1. The molecule has 0 aliphatic heterocycles. The minimum Gasteiger partial charge on any atom is -0.497 e. The van der Waals surface area contributed by atoms with Crippen LogP contribution in [0.3, 0.4) is 0 Å². The van der Waals surface area contributed by atoms with Gasteiger partial charge in [0.2, 0.25) is 17.6 Å². The van der Waals surface area contributed by atoms with E-state index in [0.717, 1.165) is 22.6 Å². The molecule has 0 atom stereocenters. The lowest BCUT2D eigenvalue weighted by molar-refractivity contribution is 0.390. The predicted octanol–water partition coefficient (Wildman–Crippen LogP) is 4.10. The van der Waals surface area contributed by atoms with Crippen molar-refractivity contribution in [3.05, 3.63) is 54.4 Å². The highest BCUT2D eigenvalue weighted by molar-refractivity contribution is 7.98. The molecule has 2 heterocycles. The second kappa shape index (κ2) is 8.13. The summed E-state index contributed by atoms with van der Waals surface area (Å²) in [6.45, 7) is 0. The lowest BCUT2D eigenvalue weighted by atomic mass is 10.2. The van der Waals surface area contributed by atoms with Gasteiger partial charge in [0.05, 0.1) is 20.0 Å². The Morgan fingerprint density at radius 2 is 1.75 bits per heavy atom. The maximum Gasteiger partial charge on any atom is 0.277 e. The molecule has 0 spiro atoms. The van der Waals surface area contributed by atoms with Crippen LogP contribution in [0.25, 0.3) is 22.8 Å². The van der Waals surface area contributed by atoms with Crippen LogP contribution in [-0.2, 0) is 5.75 Å². The van der Waals surface area contributed by atoms with E-state index in [4.69, 9.17) is 18.4 Å². The van der Waals surface area contributed by atoms with Crippen LogP contribution in [0.4, 0.5) is 0 Å². The van der Waals surface area contributed by atoms with Gasteiger partial charge >= 0.3 is 0 Å². The number of benzene rings is 2. The van der Waals surface area contributed by atoms with Crippen LogP contribution in [-0.4, -0.2) is 34.6 Å². The SMILES string of the molecule is COc1ccc(-c2nnc(SCc3nc(-c4cccc(OC)c4)no3)o2)cc1. The largest absolute Gasteiger partial charge is 0.497 e. The lowest BCUT2D eigenvalue weighted by Gasteiger charge is -1.99. The third-order valence-electron chi connectivity index (χ3n) is 3.86. The van der Waals surface area contributed by atoms with Crippen LogP contribution in [0.5, 0.6) is 11.5 Å². The summed E-state index contributed by atoms with van der Waals surface area (Å²) in [4.78, 5) is 4.40. The van der Waals surface area contributed by atoms with E-state index in [1.807, 2.05) is 48.5 Å². The van der Waals surface area contributed by atoms with E-state index in [1.54, 1.807) is 14.2 Å². The fraction of sp³-hybridized carbons (Fsp3) is 0.158. The molecule has 0 amide bonds. The summed E-state index contributed by atoms with van der Waals surface area (Å²) >= 11 is 1.33. The topological polar surface area (TPSA) is 96.3 Å². The number of aromatic nitrogens is 4. The zero-order valence-electron chi connectivity index (χ0n) is 15.2. The first-order chi connectivity index (χ1) is 13.7. The molecular weight excluding hydrogens is 380 g/mol. The first-order valence-corrected chi connectivity index (χ1v) is 9.31. The van der Waals surface area contributed by atoms with Crippen LogP contribution < -0.4 is 9.47 Å². The molecule has 0 fully saturated rings. The average Bonchev–Trinajstić information content (AvgIpc) is 3.42. The van der Waals surface area contributed by atoms with E-state index in [1.165, 1.54) is 11.8 Å². The summed E-state index contributed by atoms with van der Waals surface area (Å²) < 4.78 is 21.3. The Labute approximate surface area is 164 Å². The Hall–Kier alpha value is -3.33. The summed E-state index contributed by atoms with van der Waals surface area (Å²) in [7, 11) is 3.23. The van der Waals surface area contributed by atoms with Gasteiger partial charge in [-0.05, 0) is 36.4 Å². The van der Waals surface area contributed by atoms with Gasteiger partial charge in [0.25, 0.3) is 5.22 Å². The van der Waals surface area contributed by atoms with Gasteiger partial charge in [-0.15, -0.1) is 10.2 Å². The molecule has 2 aromatic heterocycles. The van der Waals surface area contributed by atoms with E-state index in [-0.39, 0.29) is 0 Å². The van der Waals surface area contributed by atoms with E-state index in [2.05, 4.69) is 20.3 Å². The predicted molar refractivity (Wildman–Crippen MR) is 102 cm³/mol. The van der Waals surface area contributed by atoms with Crippen molar-refractivity contribution in [3.8, 4) is 34.3 Å². The molecule has 0 unspecified atom stereocenters. The van der Waals surface area contributed by atoms with Gasteiger partial charge in [-0.1, -0.05) is 29.1 Å². The molecule has 4 rings (SSSR count). The summed E-state index contributed by atoms with van der Waals surface area (Å²) in [6, 6.07) is 14.9. The van der Waals surface area contributed by atoms with Gasteiger partial charge in [-0.2, -0.15) is 4.98 Å². The maximum atomic E-state index is 5.68. The van der Waals surface area contributed by atoms with Crippen molar-refractivity contribution in [2.75, 3.05) is 14.2 Å². The molecule has 0 saturated heterocycles. The monoisotopic (exact) mass is 396 g/mol. The molecule has 0 aliphatic carbocycles. The second-order valence-corrected chi connectivity index (χ2v) is 6.56. The van der Waals surface area contributed by atoms with Crippen molar-refractivity contribution in [2.24, 2.45) is 0 Å². The number of ether oxygens (including phenoxy) is 2. The number of hydrogen-bond acceptors (Lipinski definition) is 9. The molecule has 4 aromatic rings. The van der Waals surface area contributed by atoms with Crippen LogP contribution in [0, 0.1) is 0 Å². The van der Waals surface area contributed by atoms with E-state index >= 15 is 0 Å². The zero-order valence-corrected chi connectivity index (χ0v) is 16.0. The van der Waals surface area contributed by atoms with Crippen LogP contribution in [0.2, 0.25) is 0 Å². The molecule has 8 nitrogen and oxygen atoms in total. The number of hydrogen-bond donors (Lipinski definition) is 0. The van der Waals surface area contributed by atoms with E-state index in [0.29, 0.717) is 28.6 Å². The molecule has 9 heteroatoms. The van der Waals surface area contributed by atoms with Crippen LogP contribution in [0.15, 0.2) is 62.7 Å². The van der Waals surface area contributed by atoms with Gasteiger partial charge in [-0.25, -0.2) is 0 Å². The summed E-state index contributed by atoms with van der Waals surface area (Å²) in [5.41, 5.74) is 1.64. The van der Waals surface area contributed by atoms with Crippen molar-refractivity contribution in [1.29, 1.82) is 0 Å². The molecule has 0 saturated carbocycles. The Morgan fingerprint density at radius 1 is 0.929 bits per heavy atom. The molecule has 0 aliphatic rings. The summed E-state index contributed by atoms with van der Waals surface area (Å²) in [5.74, 6) is 3.32. The summed E-state index contributed by atoms with van der Waals surface area (Å²) in [6.07, 6.45) is 0. The third-order valence-corrected chi connectivity index (χ3v) is 4.66. The molecule has 2 aromatic carbocycles. The van der Waals surface area contributed by atoms with Crippen molar-refractivity contribution in [1.82, 2.24) is 20.3 Å². The fourth-order valence-corrected chi connectivity index (χ4v) is 3.04. The van der Waals surface area contributed by atoms with Gasteiger partial charge in [-0.3, -0.25) is 0 Å². The van der Waals surface area contributed by atoms with Crippen molar-refractivity contribution in [3.63, 3.8) is 0 Å². The highest BCUT2D eigenvalue weighted by Gasteiger charge is 2.13. The standard InChI is InChI=1S/C19H16N4O4S/c1-24-14-8-6-12(7-9-14)18-21-22-19(26-18)28-11-16-20-17(23-27-16)13-4-3-5-15(10-13)25-2/h3-10H,11H2,1-2H3. The van der Waals surface area contributed by atoms with Crippen LogP contribution >= 0.6 is 11.8 Å². The highest BCUT2D eigenvalue weighted by atomic mass is 32.2. The Bertz CT molecular complexity index is 1060. The molecular formula is C19H16N4O4S. The Morgan fingerprint density at radius 3 is 2.54 bits per heavy atom. The van der Waals surface area contributed by atoms with Crippen molar-refractivity contribution < 1.29 is 18.4 Å². The first-order valence-electron chi connectivity index (χ1n) is 8.33. The Kier molecular flexibility index (Phi) is 5.24. The van der Waals surface area contributed by atoms with E-state index < -0.39 is 0 Å². The molecule has 142 valence electrons. The van der Waals surface area contributed by atoms with Gasteiger partial charge in [0.15, 0.2) is 0 Å². The van der Waals surface area contributed by atoms with Crippen LogP contribution in [0.1, 0.15) is 5.89 Å². The fourth-order valence-electron chi connectivity index (χ4n) is 2.43. The van der Waals surface area contributed by atoms with Gasteiger partial charge in [0, 0.05) is 11.1 Å². The quantitative estimate of drug-likeness (QED) is 0.428. The lowest BCUT2D eigenvalue weighted by Crippen LogP contribution is -1.86. The number of methoxy groups -OCH3 is 2. The number of rotatable bonds is 7. The molecule has 0 bridgehead atoms. The number of thioether (sulfide) groups is 1.